The van der Waals surface area contributed by atoms with E-state index in [0.717, 1.165) is 19.3 Å². The number of hydrogen-bond donors (Lipinski definition) is 0. The lowest BCUT2D eigenvalue weighted by molar-refractivity contribution is -0.177. The maximum absolute atomic E-state index is 12.8. The zero-order chi connectivity index (χ0) is 26.2. The second-order valence-electron chi connectivity index (χ2n) is 9.56. The minimum atomic E-state index is -1.62. The van der Waals surface area contributed by atoms with Crippen molar-refractivity contribution >= 4 is 17.9 Å². The van der Waals surface area contributed by atoms with Gasteiger partial charge in [-0.05, 0) is 27.2 Å². The van der Waals surface area contributed by atoms with Crippen LogP contribution in [0.25, 0.3) is 0 Å². The van der Waals surface area contributed by atoms with E-state index in [4.69, 9.17) is 14.2 Å². The Morgan fingerprint density at radius 1 is 0.486 bits per heavy atom. The van der Waals surface area contributed by atoms with E-state index in [0.29, 0.717) is 6.42 Å². The van der Waals surface area contributed by atoms with Gasteiger partial charge in [-0.3, -0.25) is 14.4 Å². The molecule has 0 amide bonds. The molecule has 0 bridgehead atoms. The van der Waals surface area contributed by atoms with Crippen LogP contribution >= 0.6 is 0 Å². The molecule has 0 N–H and O–H groups in total. The smallest absolute Gasteiger partial charge is 0.324 e. The van der Waals surface area contributed by atoms with Crippen LogP contribution in [0.3, 0.4) is 0 Å². The van der Waals surface area contributed by atoms with Crippen molar-refractivity contribution in [1.82, 2.24) is 0 Å². The van der Waals surface area contributed by atoms with Gasteiger partial charge in [0.05, 0.1) is 26.2 Å². The molecule has 35 heavy (non-hydrogen) atoms. The molecule has 0 aromatic rings. The van der Waals surface area contributed by atoms with Gasteiger partial charge >= 0.3 is 17.9 Å². The van der Waals surface area contributed by atoms with Gasteiger partial charge in [-0.2, -0.15) is 0 Å². The van der Waals surface area contributed by atoms with E-state index in [1.54, 1.807) is 20.8 Å². The highest BCUT2D eigenvalue weighted by molar-refractivity contribution is 6.03. The number of carbonyl (C=O) groups excluding carboxylic acids is 3. The molecular formula is C29H54O6. The van der Waals surface area contributed by atoms with E-state index in [1.807, 2.05) is 0 Å². The Morgan fingerprint density at radius 2 is 0.829 bits per heavy atom. The van der Waals surface area contributed by atoms with Crippen LogP contribution in [0.15, 0.2) is 0 Å². The molecule has 6 heteroatoms. The summed E-state index contributed by atoms with van der Waals surface area (Å²) in [7, 11) is 0. The molecule has 0 unspecified atom stereocenters. The predicted molar refractivity (Wildman–Crippen MR) is 141 cm³/mol. The van der Waals surface area contributed by atoms with Crippen molar-refractivity contribution in [2.75, 3.05) is 19.8 Å². The van der Waals surface area contributed by atoms with Crippen molar-refractivity contribution < 1.29 is 28.6 Å². The van der Waals surface area contributed by atoms with Gasteiger partial charge < -0.3 is 14.2 Å². The van der Waals surface area contributed by atoms with Gasteiger partial charge in [-0.15, -0.1) is 0 Å². The number of ether oxygens (including phenoxy) is 3. The fourth-order valence-corrected chi connectivity index (χ4v) is 4.49. The molecule has 0 aromatic carbocycles. The summed E-state index contributed by atoms with van der Waals surface area (Å²) < 4.78 is 15.4. The summed E-state index contributed by atoms with van der Waals surface area (Å²) in [4.78, 5) is 37.8. The average molecular weight is 499 g/mol. The Hall–Kier alpha value is -1.59. The largest absolute Gasteiger partial charge is 0.466 e. The maximum Gasteiger partial charge on any atom is 0.324 e. The molecule has 0 aliphatic heterocycles. The molecule has 0 rings (SSSR count). The summed E-state index contributed by atoms with van der Waals surface area (Å²) in [5.41, 5.74) is -1.62. The van der Waals surface area contributed by atoms with Crippen molar-refractivity contribution in [2.45, 2.75) is 143 Å². The Balaban J connectivity index is 4.25. The highest BCUT2D eigenvalue weighted by Gasteiger charge is 2.50. The lowest BCUT2D eigenvalue weighted by atomic mass is 9.79. The zero-order valence-electron chi connectivity index (χ0n) is 23.3. The molecule has 0 spiro atoms. The monoisotopic (exact) mass is 498 g/mol. The van der Waals surface area contributed by atoms with Gasteiger partial charge in [0.1, 0.15) is 0 Å². The molecule has 0 saturated carbocycles. The topological polar surface area (TPSA) is 78.9 Å². The highest BCUT2D eigenvalue weighted by Crippen LogP contribution is 2.34. The number of esters is 3. The van der Waals surface area contributed by atoms with E-state index in [1.165, 1.54) is 77.0 Å². The number of carbonyl (C=O) groups is 3. The minimum Gasteiger partial charge on any atom is -0.466 e. The number of unbranched alkanes of at least 4 members (excludes halogenated alkanes) is 15. The molecule has 6 nitrogen and oxygen atoms in total. The Morgan fingerprint density at radius 3 is 1.17 bits per heavy atom. The van der Waals surface area contributed by atoms with Crippen LogP contribution in [0, 0.1) is 5.41 Å². The lowest BCUT2D eigenvalue weighted by Crippen LogP contribution is -2.44. The van der Waals surface area contributed by atoms with Crippen LogP contribution in [0.2, 0.25) is 0 Å². The first-order chi connectivity index (χ1) is 17.0. The number of rotatable bonds is 24. The van der Waals surface area contributed by atoms with Gasteiger partial charge in [0, 0.05) is 0 Å². The molecule has 0 atom stereocenters. The molecular weight excluding hydrogens is 444 g/mol. The fraction of sp³-hybridized carbons (Fsp3) is 0.897. The summed E-state index contributed by atoms with van der Waals surface area (Å²) in [5, 5.41) is 0. The molecule has 0 fully saturated rings. The van der Waals surface area contributed by atoms with Crippen LogP contribution in [0.4, 0.5) is 0 Å². The van der Waals surface area contributed by atoms with Crippen molar-refractivity contribution in [3.63, 3.8) is 0 Å². The second-order valence-corrected chi connectivity index (χ2v) is 9.56. The predicted octanol–water partition coefficient (Wildman–Crippen LogP) is 7.70. The molecule has 0 radical (unpaired) electrons. The summed E-state index contributed by atoms with van der Waals surface area (Å²) in [5.74, 6) is -1.95. The summed E-state index contributed by atoms with van der Waals surface area (Å²) in [6, 6.07) is 0. The van der Waals surface area contributed by atoms with Gasteiger partial charge in [0.25, 0.3) is 0 Å². The highest BCUT2D eigenvalue weighted by atomic mass is 16.6. The Kier molecular flexibility index (Phi) is 21.8. The van der Waals surface area contributed by atoms with Crippen molar-refractivity contribution in [3.05, 3.63) is 0 Å². The van der Waals surface area contributed by atoms with Crippen LogP contribution in [-0.2, 0) is 28.6 Å². The van der Waals surface area contributed by atoms with Gasteiger partial charge in [0.2, 0.25) is 0 Å². The quantitative estimate of drug-likeness (QED) is 0.0587. The Bertz CT molecular complexity index is 527. The summed E-state index contributed by atoms with van der Waals surface area (Å²) in [6.07, 6.45) is 19.8. The first-order valence-electron chi connectivity index (χ1n) is 14.5. The zero-order valence-corrected chi connectivity index (χ0v) is 23.3. The van der Waals surface area contributed by atoms with Crippen LogP contribution < -0.4 is 0 Å². The fourth-order valence-electron chi connectivity index (χ4n) is 4.49. The minimum absolute atomic E-state index is 0.141. The normalized spacial score (nSPS) is 11.3. The molecule has 0 heterocycles. The van der Waals surface area contributed by atoms with E-state index in [-0.39, 0.29) is 32.7 Å². The second kappa shape index (κ2) is 22.8. The molecule has 0 aliphatic rings. The van der Waals surface area contributed by atoms with Gasteiger partial charge in [0.15, 0.2) is 5.41 Å². The van der Waals surface area contributed by atoms with E-state index >= 15 is 0 Å². The van der Waals surface area contributed by atoms with Crippen LogP contribution in [0.1, 0.15) is 143 Å². The first-order valence-corrected chi connectivity index (χ1v) is 14.5. The average Bonchev–Trinajstić information content (AvgIpc) is 2.83. The third kappa shape index (κ3) is 15.9. The van der Waals surface area contributed by atoms with Crippen molar-refractivity contribution in [1.29, 1.82) is 0 Å². The van der Waals surface area contributed by atoms with Crippen molar-refractivity contribution in [3.8, 4) is 0 Å². The van der Waals surface area contributed by atoms with E-state index in [9.17, 15) is 14.4 Å². The van der Waals surface area contributed by atoms with Crippen LogP contribution in [0.5, 0.6) is 0 Å². The summed E-state index contributed by atoms with van der Waals surface area (Å²) >= 11 is 0. The molecule has 206 valence electrons. The standard InChI is InChI=1S/C29H54O6/c1-5-9-10-11-12-13-14-15-16-17-18-19-20-21-22-23-24-29(27(31)34-7-3,28(32)35-8-4)25-26(30)33-6-2/h5-25H2,1-4H3. The molecule has 0 aromatic heterocycles. The molecule has 0 aliphatic carbocycles. The Labute approximate surface area is 215 Å². The third-order valence-electron chi connectivity index (χ3n) is 6.54. The summed E-state index contributed by atoms with van der Waals surface area (Å²) in [6.45, 7) is 7.81. The first kappa shape index (κ1) is 33.4. The number of hydrogen-bond acceptors (Lipinski definition) is 6. The van der Waals surface area contributed by atoms with Gasteiger partial charge in [-0.25, -0.2) is 0 Å². The lowest BCUT2D eigenvalue weighted by Gasteiger charge is -2.28. The van der Waals surface area contributed by atoms with E-state index in [2.05, 4.69) is 6.92 Å². The van der Waals surface area contributed by atoms with Crippen molar-refractivity contribution in [2.24, 2.45) is 5.41 Å². The maximum atomic E-state index is 12.8. The SMILES string of the molecule is CCCCCCCCCCCCCCCCCCC(CC(=O)OCC)(C(=O)OCC)C(=O)OCC. The van der Waals surface area contributed by atoms with Gasteiger partial charge in [-0.1, -0.05) is 110 Å². The molecule has 0 saturated heterocycles. The van der Waals surface area contributed by atoms with Crippen LogP contribution in [-0.4, -0.2) is 37.7 Å². The van der Waals surface area contributed by atoms with E-state index < -0.39 is 23.3 Å². The third-order valence-corrected chi connectivity index (χ3v) is 6.54.